The average Bonchev–Trinajstić information content (AvgIpc) is 2.48. The van der Waals surface area contributed by atoms with Crippen LogP contribution in [0.2, 0.25) is 0 Å². The van der Waals surface area contributed by atoms with Crippen LogP contribution in [0.15, 0.2) is 24.5 Å². The first kappa shape index (κ1) is 8.10. The molecule has 0 spiro atoms. The van der Waals surface area contributed by atoms with Crippen LogP contribution in [0.5, 0.6) is 5.75 Å². The van der Waals surface area contributed by atoms with Crippen LogP contribution >= 0.6 is 0 Å². The fraction of sp³-hybridized carbons (Fsp3) is 0.300. The normalized spacial score (nSPS) is 10.6. The molecule has 2 rings (SSSR count). The number of aromatic nitrogens is 2. The number of nitrogens with zero attached hydrogens (tertiary/aromatic N) is 2. The maximum Gasteiger partial charge on any atom is 0.140 e. The van der Waals surface area contributed by atoms with Gasteiger partial charge in [0.05, 0.1) is 6.61 Å². The molecule has 0 unspecified atom stereocenters. The zero-order valence-corrected chi connectivity index (χ0v) is 7.82. The lowest BCUT2D eigenvalue weighted by Crippen LogP contribution is -1.93. The van der Waals surface area contributed by atoms with Crippen molar-refractivity contribution in [2.45, 2.75) is 13.8 Å². The van der Waals surface area contributed by atoms with Crippen LogP contribution in [0.25, 0.3) is 5.65 Å². The van der Waals surface area contributed by atoms with Crippen molar-refractivity contribution in [1.82, 2.24) is 9.38 Å². The highest BCUT2D eigenvalue weighted by atomic mass is 16.5. The molecule has 3 heteroatoms. The monoisotopic (exact) mass is 176 g/mol. The maximum atomic E-state index is 5.37. The largest absolute Gasteiger partial charge is 0.494 e. The van der Waals surface area contributed by atoms with Crippen molar-refractivity contribution in [1.29, 1.82) is 0 Å². The molecule has 0 N–H and O–H groups in total. The molecular formula is C10H12N2O. The molecule has 0 bridgehead atoms. The standard InChI is InChI=1S/C10H12N2O/c1-3-13-9-4-5-12-8(2)7-11-10(12)6-9/h4-7H,3H2,1-2H3. The Kier molecular flexibility index (Phi) is 1.93. The Hall–Kier alpha value is -1.51. The van der Waals surface area contributed by atoms with Crippen molar-refractivity contribution in [3.8, 4) is 5.75 Å². The third kappa shape index (κ3) is 1.37. The number of ether oxygens (including phenoxy) is 1. The van der Waals surface area contributed by atoms with Crippen molar-refractivity contribution in [3.63, 3.8) is 0 Å². The van der Waals surface area contributed by atoms with Gasteiger partial charge in [-0.3, -0.25) is 0 Å². The molecule has 68 valence electrons. The van der Waals surface area contributed by atoms with Gasteiger partial charge >= 0.3 is 0 Å². The predicted octanol–water partition coefficient (Wildman–Crippen LogP) is 2.04. The third-order valence-corrected chi connectivity index (χ3v) is 1.98. The topological polar surface area (TPSA) is 26.5 Å². The molecule has 0 radical (unpaired) electrons. The fourth-order valence-electron chi connectivity index (χ4n) is 1.35. The van der Waals surface area contributed by atoms with Gasteiger partial charge in [0.2, 0.25) is 0 Å². The summed E-state index contributed by atoms with van der Waals surface area (Å²) in [7, 11) is 0. The van der Waals surface area contributed by atoms with Gasteiger partial charge in [-0.15, -0.1) is 0 Å². The number of aryl methyl sites for hydroxylation is 1. The number of imidazole rings is 1. The summed E-state index contributed by atoms with van der Waals surface area (Å²) < 4.78 is 7.40. The molecule has 2 aromatic heterocycles. The Morgan fingerprint density at radius 3 is 3.15 bits per heavy atom. The summed E-state index contributed by atoms with van der Waals surface area (Å²) >= 11 is 0. The van der Waals surface area contributed by atoms with Gasteiger partial charge in [-0.2, -0.15) is 0 Å². The fourth-order valence-corrected chi connectivity index (χ4v) is 1.35. The van der Waals surface area contributed by atoms with E-state index >= 15 is 0 Å². The van der Waals surface area contributed by atoms with Crippen LogP contribution in [0.1, 0.15) is 12.6 Å². The van der Waals surface area contributed by atoms with Gasteiger partial charge in [0.1, 0.15) is 11.4 Å². The van der Waals surface area contributed by atoms with Gasteiger partial charge < -0.3 is 9.14 Å². The van der Waals surface area contributed by atoms with Crippen LogP contribution in [0.4, 0.5) is 0 Å². The second-order valence-corrected chi connectivity index (χ2v) is 2.92. The van der Waals surface area contributed by atoms with Crippen LogP contribution < -0.4 is 4.74 Å². The first-order valence-electron chi connectivity index (χ1n) is 4.38. The van der Waals surface area contributed by atoms with Crippen molar-refractivity contribution >= 4 is 5.65 Å². The van der Waals surface area contributed by atoms with E-state index in [1.807, 2.05) is 42.8 Å². The first-order chi connectivity index (χ1) is 6.31. The summed E-state index contributed by atoms with van der Waals surface area (Å²) in [5, 5.41) is 0. The molecule has 0 aliphatic rings. The molecule has 2 heterocycles. The Bertz CT molecular complexity index is 420. The van der Waals surface area contributed by atoms with E-state index in [1.54, 1.807) is 0 Å². The van der Waals surface area contributed by atoms with Gasteiger partial charge in [0.25, 0.3) is 0 Å². The Morgan fingerprint density at radius 1 is 1.54 bits per heavy atom. The highest BCUT2D eigenvalue weighted by Gasteiger charge is 1.99. The van der Waals surface area contributed by atoms with Crippen LogP contribution in [-0.4, -0.2) is 16.0 Å². The zero-order chi connectivity index (χ0) is 9.26. The van der Waals surface area contributed by atoms with E-state index in [0.29, 0.717) is 6.61 Å². The van der Waals surface area contributed by atoms with Crippen LogP contribution in [0, 0.1) is 6.92 Å². The molecule has 2 aromatic rings. The molecule has 13 heavy (non-hydrogen) atoms. The molecule has 0 saturated carbocycles. The van der Waals surface area contributed by atoms with E-state index in [0.717, 1.165) is 17.1 Å². The molecule has 0 amide bonds. The number of rotatable bonds is 2. The highest BCUT2D eigenvalue weighted by molar-refractivity contribution is 5.45. The summed E-state index contributed by atoms with van der Waals surface area (Å²) in [4.78, 5) is 4.24. The number of hydrogen-bond acceptors (Lipinski definition) is 2. The molecule has 0 fully saturated rings. The van der Waals surface area contributed by atoms with E-state index in [2.05, 4.69) is 4.98 Å². The molecule has 0 saturated heterocycles. The minimum atomic E-state index is 0.690. The smallest absolute Gasteiger partial charge is 0.140 e. The summed E-state index contributed by atoms with van der Waals surface area (Å²) in [5.41, 5.74) is 2.07. The van der Waals surface area contributed by atoms with E-state index in [4.69, 9.17) is 4.74 Å². The molecule has 0 aromatic carbocycles. The minimum absolute atomic E-state index is 0.690. The summed E-state index contributed by atoms with van der Waals surface area (Å²) in [6.07, 6.45) is 3.83. The van der Waals surface area contributed by atoms with Gasteiger partial charge in [0.15, 0.2) is 0 Å². The molecule has 0 atom stereocenters. The lowest BCUT2D eigenvalue weighted by molar-refractivity contribution is 0.340. The second kappa shape index (κ2) is 3.09. The van der Waals surface area contributed by atoms with Gasteiger partial charge in [-0.05, 0) is 19.9 Å². The summed E-state index contributed by atoms with van der Waals surface area (Å²) in [6, 6.07) is 3.89. The van der Waals surface area contributed by atoms with Gasteiger partial charge in [-0.1, -0.05) is 0 Å². The lowest BCUT2D eigenvalue weighted by Gasteiger charge is -2.02. The van der Waals surface area contributed by atoms with Crippen LogP contribution in [0.3, 0.4) is 0 Å². The quantitative estimate of drug-likeness (QED) is 0.700. The lowest BCUT2D eigenvalue weighted by atomic mass is 10.4. The second-order valence-electron chi connectivity index (χ2n) is 2.92. The average molecular weight is 176 g/mol. The van der Waals surface area contributed by atoms with Crippen molar-refractivity contribution in [3.05, 3.63) is 30.2 Å². The molecular weight excluding hydrogens is 164 g/mol. The Morgan fingerprint density at radius 2 is 2.38 bits per heavy atom. The summed E-state index contributed by atoms with van der Waals surface area (Å²) in [6.45, 7) is 4.69. The number of hydrogen-bond donors (Lipinski definition) is 0. The molecule has 0 aliphatic heterocycles. The van der Waals surface area contributed by atoms with E-state index in [9.17, 15) is 0 Å². The van der Waals surface area contributed by atoms with Crippen molar-refractivity contribution < 1.29 is 4.74 Å². The van der Waals surface area contributed by atoms with E-state index < -0.39 is 0 Å². The Balaban J connectivity index is 2.50. The van der Waals surface area contributed by atoms with Gasteiger partial charge in [-0.25, -0.2) is 4.98 Å². The number of pyridine rings is 1. The number of fused-ring (bicyclic) bond motifs is 1. The minimum Gasteiger partial charge on any atom is -0.494 e. The van der Waals surface area contributed by atoms with Crippen molar-refractivity contribution in [2.75, 3.05) is 6.61 Å². The molecule has 3 nitrogen and oxygen atoms in total. The van der Waals surface area contributed by atoms with E-state index in [1.165, 1.54) is 0 Å². The maximum absolute atomic E-state index is 5.37. The Labute approximate surface area is 77.0 Å². The van der Waals surface area contributed by atoms with Gasteiger partial charge in [0, 0.05) is 24.2 Å². The SMILES string of the molecule is CCOc1ccn2c(C)cnc2c1. The zero-order valence-electron chi connectivity index (χ0n) is 7.82. The predicted molar refractivity (Wildman–Crippen MR) is 51.1 cm³/mol. The van der Waals surface area contributed by atoms with Crippen LogP contribution in [-0.2, 0) is 0 Å². The van der Waals surface area contributed by atoms with Crippen molar-refractivity contribution in [2.24, 2.45) is 0 Å². The summed E-state index contributed by atoms with van der Waals surface area (Å²) in [5.74, 6) is 0.876. The van der Waals surface area contributed by atoms with E-state index in [-0.39, 0.29) is 0 Å². The molecule has 0 aliphatic carbocycles. The first-order valence-corrected chi connectivity index (χ1v) is 4.38. The third-order valence-electron chi connectivity index (χ3n) is 1.98. The highest BCUT2D eigenvalue weighted by Crippen LogP contribution is 2.14.